The molecule has 1 aliphatic rings. The minimum Gasteiger partial charge on any atom is -0.292 e. The number of hydrogen-bond acceptors (Lipinski definition) is 3. The van der Waals surface area contributed by atoms with Crippen LogP contribution in [0.2, 0.25) is 0 Å². The molecule has 23 heavy (non-hydrogen) atoms. The number of nitrogens with zero attached hydrogens (tertiary/aromatic N) is 3. The summed E-state index contributed by atoms with van der Waals surface area (Å²) in [5.41, 5.74) is 5.14. The van der Waals surface area contributed by atoms with Crippen molar-refractivity contribution in [1.82, 2.24) is 14.5 Å². The van der Waals surface area contributed by atoms with Crippen LogP contribution in [0.15, 0.2) is 60.0 Å². The standard InChI is InChI=1S/C19H19N3S/c1-2-8-16(9-3-1)22-18-11-5-4-10-17(18)21-19(22)23-14-15-7-6-12-20-13-15/h1-3,6-9,12-13H,4-5,10-11,14H2. The van der Waals surface area contributed by atoms with Crippen molar-refractivity contribution >= 4 is 11.8 Å². The fourth-order valence-electron chi connectivity index (χ4n) is 3.09. The highest BCUT2D eigenvalue weighted by molar-refractivity contribution is 7.98. The van der Waals surface area contributed by atoms with E-state index < -0.39 is 0 Å². The molecule has 0 aliphatic heterocycles. The molecule has 3 aromatic rings. The fraction of sp³-hybridized carbons (Fsp3) is 0.263. The van der Waals surface area contributed by atoms with Crippen molar-refractivity contribution in [3.8, 4) is 5.69 Å². The molecule has 116 valence electrons. The van der Waals surface area contributed by atoms with Gasteiger partial charge in [-0.1, -0.05) is 36.0 Å². The Morgan fingerprint density at radius 1 is 1.00 bits per heavy atom. The Morgan fingerprint density at radius 2 is 1.87 bits per heavy atom. The van der Waals surface area contributed by atoms with Gasteiger partial charge in [0.25, 0.3) is 0 Å². The molecular weight excluding hydrogens is 302 g/mol. The number of aromatic nitrogens is 3. The zero-order valence-electron chi connectivity index (χ0n) is 13.0. The Hall–Kier alpha value is -2.07. The number of para-hydroxylation sites is 1. The first-order valence-corrected chi connectivity index (χ1v) is 9.08. The lowest BCUT2D eigenvalue weighted by atomic mass is 10.0. The van der Waals surface area contributed by atoms with Crippen molar-refractivity contribution in [3.63, 3.8) is 0 Å². The van der Waals surface area contributed by atoms with Crippen molar-refractivity contribution in [2.24, 2.45) is 0 Å². The number of rotatable bonds is 4. The van der Waals surface area contributed by atoms with Crippen LogP contribution in [0.1, 0.15) is 29.8 Å². The number of thioether (sulfide) groups is 1. The van der Waals surface area contributed by atoms with Crippen LogP contribution in [0, 0.1) is 0 Å². The zero-order valence-corrected chi connectivity index (χ0v) is 13.8. The van der Waals surface area contributed by atoms with Crippen molar-refractivity contribution < 1.29 is 0 Å². The Balaban J connectivity index is 1.69. The molecule has 0 saturated heterocycles. The van der Waals surface area contributed by atoms with Gasteiger partial charge >= 0.3 is 0 Å². The van der Waals surface area contributed by atoms with E-state index in [1.807, 2.05) is 18.5 Å². The second-order valence-corrected chi connectivity index (χ2v) is 6.76. The van der Waals surface area contributed by atoms with Crippen LogP contribution < -0.4 is 0 Å². The number of hydrogen-bond donors (Lipinski definition) is 0. The second-order valence-electron chi connectivity index (χ2n) is 5.82. The van der Waals surface area contributed by atoms with Crippen LogP contribution in [0.4, 0.5) is 0 Å². The molecule has 1 aromatic carbocycles. The Bertz CT molecular complexity index is 781. The van der Waals surface area contributed by atoms with E-state index in [4.69, 9.17) is 4.98 Å². The maximum absolute atomic E-state index is 4.95. The molecule has 2 aromatic heterocycles. The molecule has 0 saturated carbocycles. The van der Waals surface area contributed by atoms with Gasteiger partial charge in [0, 0.05) is 29.5 Å². The van der Waals surface area contributed by atoms with E-state index in [2.05, 4.69) is 45.9 Å². The summed E-state index contributed by atoms with van der Waals surface area (Å²) in [7, 11) is 0. The van der Waals surface area contributed by atoms with Crippen molar-refractivity contribution in [2.45, 2.75) is 36.6 Å². The zero-order chi connectivity index (χ0) is 15.5. The summed E-state index contributed by atoms with van der Waals surface area (Å²) in [6.07, 6.45) is 8.50. The van der Waals surface area contributed by atoms with E-state index in [0.29, 0.717) is 0 Å². The molecule has 0 unspecified atom stereocenters. The lowest BCUT2D eigenvalue weighted by Gasteiger charge is -2.15. The first-order chi connectivity index (χ1) is 11.4. The van der Waals surface area contributed by atoms with Crippen molar-refractivity contribution in [2.75, 3.05) is 0 Å². The number of aryl methyl sites for hydroxylation is 1. The molecule has 1 aliphatic carbocycles. The van der Waals surface area contributed by atoms with Crippen LogP contribution in [-0.2, 0) is 18.6 Å². The van der Waals surface area contributed by atoms with Crippen LogP contribution >= 0.6 is 11.8 Å². The summed E-state index contributed by atoms with van der Waals surface area (Å²) in [5.74, 6) is 0.899. The van der Waals surface area contributed by atoms with Gasteiger partial charge in [-0.05, 0) is 49.4 Å². The van der Waals surface area contributed by atoms with Gasteiger partial charge in [-0.15, -0.1) is 0 Å². The molecule has 2 heterocycles. The Kier molecular flexibility index (Phi) is 4.16. The maximum Gasteiger partial charge on any atom is 0.173 e. The highest BCUT2D eigenvalue weighted by Gasteiger charge is 2.21. The van der Waals surface area contributed by atoms with Gasteiger partial charge in [0.05, 0.1) is 5.69 Å². The maximum atomic E-state index is 4.95. The van der Waals surface area contributed by atoms with Gasteiger partial charge < -0.3 is 0 Å². The minimum absolute atomic E-state index is 0.899. The highest BCUT2D eigenvalue weighted by Crippen LogP contribution is 2.31. The van der Waals surface area contributed by atoms with Crippen LogP contribution in [0.5, 0.6) is 0 Å². The van der Waals surface area contributed by atoms with Crippen LogP contribution in [0.3, 0.4) is 0 Å². The molecule has 4 heteroatoms. The molecule has 0 atom stereocenters. The van der Waals surface area contributed by atoms with Gasteiger partial charge in [-0.25, -0.2) is 4.98 Å². The second kappa shape index (κ2) is 6.59. The molecule has 0 bridgehead atoms. The smallest absolute Gasteiger partial charge is 0.173 e. The third kappa shape index (κ3) is 3.04. The average molecular weight is 321 g/mol. The molecular formula is C19H19N3S. The predicted molar refractivity (Wildman–Crippen MR) is 94.0 cm³/mol. The molecule has 0 amide bonds. The molecule has 0 spiro atoms. The quantitative estimate of drug-likeness (QED) is 0.666. The molecule has 0 N–H and O–H groups in total. The summed E-state index contributed by atoms with van der Waals surface area (Å²) in [5, 5.41) is 1.10. The molecule has 3 nitrogen and oxygen atoms in total. The topological polar surface area (TPSA) is 30.7 Å². The number of pyridine rings is 1. The first-order valence-electron chi connectivity index (χ1n) is 8.09. The summed E-state index contributed by atoms with van der Waals surface area (Å²) in [6, 6.07) is 14.7. The van der Waals surface area contributed by atoms with Crippen LogP contribution in [0.25, 0.3) is 5.69 Å². The average Bonchev–Trinajstić information content (AvgIpc) is 3.00. The largest absolute Gasteiger partial charge is 0.292 e. The van der Waals surface area contributed by atoms with E-state index in [0.717, 1.165) is 23.8 Å². The lowest BCUT2D eigenvalue weighted by molar-refractivity contribution is 0.654. The van der Waals surface area contributed by atoms with Crippen molar-refractivity contribution in [1.29, 1.82) is 0 Å². The summed E-state index contributed by atoms with van der Waals surface area (Å²) in [4.78, 5) is 9.15. The first kappa shape index (κ1) is 14.5. The van der Waals surface area contributed by atoms with E-state index >= 15 is 0 Å². The lowest BCUT2D eigenvalue weighted by Crippen LogP contribution is -2.07. The fourth-order valence-corrected chi connectivity index (χ4v) is 4.07. The number of benzene rings is 1. The minimum atomic E-state index is 0.899. The number of imidazole rings is 1. The van der Waals surface area contributed by atoms with E-state index in [-0.39, 0.29) is 0 Å². The van der Waals surface area contributed by atoms with Gasteiger partial charge in [0.2, 0.25) is 0 Å². The van der Waals surface area contributed by atoms with E-state index in [1.54, 1.807) is 11.8 Å². The van der Waals surface area contributed by atoms with E-state index in [1.165, 1.54) is 35.5 Å². The van der Waals surface area contributed by atoms with Gasteiger partial charge in [-0.3, -0.25) is 9.55 Å². The molecule has 4 rings (SSSR count). The third-order valence-electron chi connectivity index (χ3n) is 4.21. The normalized spacial score (nSPS) is 13.7. The SMILES string of the molecule is c1ccc(-n2c(SCc3cccnc3)nc3c2CCCC3)cc1. The highest BCUT2D eigenvalue weighted by atomic mass is 32.2. The van der Waals surface area contributed by atoms with Crippen LogP contribution in [-0.4, -0.2) is 14.5 Å². The monoisotopic (exact) mass is 321 g/mol. The Morgan fingerprint density at radius 3 is 2.70 bits per heavy atom. The molecule has 0 radical (unpaired) electrons. The van der Waals surface area contributed by atoms with Gasteiger partial charge in [0.1, 0.15) is 0 Å². The van der Waals surface area contributed by atoms with E-state index in [9.17, 15) is 0 Å². The molecule has 0 fully saturated rings. The Labute approximate surface area is 140 Å². The summed E-state index contributed by atoms with van der Waals surface area (Å²) in [6.45, 7) is 0. The van der Waals surface area contributed by atoms with Gasteiger partial charge in [-0.2, -0.15) is 0 Å². The summed E-state index contributed by atoms with van der Waals surface area (Å²) >= 11 is 1.80. The predicted octanol–water partition coefficient (Wildman–Crippen LogP) is 4.44. The summed E-state index contributed by atoms with van der Waals surface area (Å²) < 4.78 is 2.36. The van der Waals surface area contributed by atoms with Gasteiger partial charge in [0.15, 0.2) is 5.16 Å². The third-order valence-corrected chi connectivity index (χ3v) is 5.22. The van der Waals surface area contributed by atoms with Crippen molar-refractivity contribution in [3.05, 3.63) is 71.8 Å². The number of fused-ring (bicyclic) bond motifs is 1.